The second-order valence-electron chi connectivity index (χ2n) is 11.5. The fourth-order valence-corrected chi connectivity index (χ4v) is 6.39. The van der Waals surface area contributed by atoms with E-state index >= 15 is 0 Å². The van der Waals surface area contributed by atoms with Crippen molar-refractivity contribution in [2.24, 2.45) is 0 Å². The first-order valence-electron chi connectivity index (χ1n) is 14.2. The predicted molar refractivity (Wildman–Crippen MR) is 160 cm³/mol. The third-order valence-electron chi connectivity index (χ3n) is 8.71. The summed E-state index contributed by atoms with van der Waals surface area (Å²) in [5.41, 5.74) is 3.51. The van der Waals surface area contributed by atoms with E-state index in [0.717, 1.165) is 53.1 Å². The van der Waals surface area contributed by atoms with Gasteiger partial charge in [-0.2, -0.15) is 0 Å². The van der Waals surface area contributed by atoms with E-state index < -0.39 is 5.54 Å². The predicted octanol–water partition coefficient (Wildman–Crippen LogP) is 6.40. The second kappa shape index (κ2) is 10.7. The van der Waals surface area contributed by atoms with Crippen molar-refractivity contribution in [3.05, 3.63) is 108 Å². The summed E-state index contributed by atoms with van der Waals surface area (Å²) in [6.45, 7) is 2.39. The number of para-hydroxylation sites is 1. The summed E-state index contributed by atoms with van der Waals surface area (Å²) in [4.78, 5) is 34.2. The molecule has 1 atom stereocenters. The van der Waals surface area contributed by atoms with Gasteiger partial charge in [-0.3, -0.25) is 9.59 Å². The number of aromatic nitrogens is 2. The van der Waals surface area contributed by atoms with Crippen LogP contribution in [0.4, 0.5) is 0 Å². The molecular weight excluding hydrogens is 496 g/mol. The van der Waals surface area contributed by atoms with Crippen LogP contribution in [0.1, 0.15) is 60.5 Å². The maximum absolute atomic E-state index is 14.1. The average Bonchev–Trinajstić information content (AvgIpc) is 3.63. The largest absolute Gasteiger partial charge is 0.361 e. The van der Waals surface area contributed by atoms with E-state index in [1.54, 1.807) is 6.07 Å². The lowest BCUT2D eigenvalue weighted by Gasteiger charge is -2.39. The summed E-state index contributed by atoms with van der Waals surface area (Å²) in [5.74, 6) is -0.439. The van der Waals surface area contributed by atoms with Gasteiger partial charge in [0.25, 0.3) is 5.91 Å². The standard InChI is InChI=1S/C34H36N4O2/c1-33(21-26-22-36-30-13-7-6-12-28(26)30,38-31(39)25-14-15-29-24(20-25)16-19-35-29)32(40)37-23-34(17-8-3-9-18-34)27-10-4-2-5-11-27/h2,4-7,10-16,19-20,22,35-36H,3,8-9,17-18,21,23H2,1H3,(H,37,40)(H,38,39). The number of nitrogens with one attached hydrogen (secondary N) is 4. The second-order valence-corrected chi connectivity index (χ2v) is 11.5. The number of hydrogen-bond donors (Lipinski definition) is 4. The van der Waals surface area contributed by atoms with Gasteiger partial charge < -0.3 is 20.6 Å². The Morgan fingerprint density at radius 1 is 0.875 bits per heavy atom. The van der Waals surface area contributed by atoms with Gasteiger partial charge in [0.05, 0.1) is 0 Å². The molecule has 1 saturated carbocycles. The molecule has 1 fully saturated rings. The van der Waals surface area contributed by atoms with Crippen LogP contribution in [0.15, 0.2) is 91.3 Å². The Kier molecular flexibility index (Phi) is 6.93. The zero-order chi connectivity index (χ0) is 27.6. The minimum Gasteiger partial charge on any atom is -0.361 e. The van der Waals surface area contributed by atoms with Crippen molar-refractivity contribution in [1.29, 1.82) is 0 Å². The van der Waals surface area contributed by atoms with Crippen LogP contribution in [0, 0.1) is 0 Å². The quantitative estimate of drug-likeness (QED) is 0.186. The number of fused-ring (bicyclic) bond motifs is 2. The Hall–Kier alpha value is -4.32. The highest BCUT2D eigenvalue weighted by molar-refractivity contribution is 6.01. The molecule has 1 aliphatic carbocycles. The average molecular weight is 533 g/mol. The number of benzene rings is 3. The normalized spacial score (nSPS) is 16.4. The molecule has 2 aromatic heterocycles. The van der Waals surface area contributed by atoms with Crippen molar-refractivity contribution in [2.75, 3.05) is 6.54 Å². The maximum Gasteiger partial charge on any atom is 0.252 e. The van der Waals surface area contributed by atoms with Crippen molar-refractivity contribution >= 4 is 33.6 Å². The van der Waals surface area contributed by atoms with Crippen LogP contribution in [0.25, 0.3) is 21.8 Å². The SMILES string of the molecule is CC(Cc1c[nH]c2ccccc12)(NC(=O)c1ccc2[nH]ccc2c1)C(=O)NCC1(c2ccccc2)CCCCC1. The van der Waals surface area contributed by atoms with Gasteiger partial charge in [0.15, 0.2) is 0 Å². The Bertz CT molecular complexity index is 1640. The van der Waals surface area contributed by atoms with Crippen molar-refractivity contribution in [3.8, 4) is 0 Å². The van der Waals surface area contributed by atoms with E-state index in [0.29, 0.717) is 18.5 Å². The minimum atomic E-state index is -1.16. The zero-order valence-electron chi connectivity index (χ0n) is 22.9. The monoisotopic (exact) mass is 532 g/mol. The first-order chi connectivity index (χ1) is 19.5. The molecule has 6 nitrogen and oxygen atoms in total. The van der Waals surface area contributed by atoms with Gasteiger partial charge in [-0.25, -0.2) is 0 Å². The van der Waals surface area contributed by atoms with Gasteiger partial charge in [0.2, 0.25) is 5.91 Å². The molecule has 0 aliphatic heterocycles. The molecular formula is C34H36N4O2. The van der Waals surface area contributed by atoms with Crippen LogP contribution in [-0.4, -0.2) is 33.9 Å². The summed E-state index contributed by atoms with van der Waals surface area (Å²) in [5, 5.41) is 8.45. The Morgan fingerprint density at radius 2 is 1.65 bits per heavy atom. The molecule has 1 unspecified atom stereocenters. The topological polar surface area (TPSA) is 89.8 Å². The third-order valence-corrected chi connectivity index (χ3v) is 8.71. The number of rotatable bonds is 8. The first-order valence-corrected chi connectivity index (χ1v) is 14.2. The molecule has 6 heteroatoms. The van der Waals surface area contributed by atoms with Gasteiger partial charge in [0.1, 0.15) is 5.54 Å². The number of carbonyl (C=O) groups excluding carboxylic acids is 2. The smallest absolute Gasteiger partial charge is 0.252 e. The molecule has 0 bridgehead atoms. The van der Waals surface area contributed by atoms with E-state index in [2.05, 4.69) is 44.9 Å². The van der Waals surface area contributed by atoms with Crippen molar-refractivity contribution < 1.29 is 9.59 Å². The zero-order valence-corrected chi connectivity index (χ0v) is 22.9. The van der Waals surface area contributed by atoms with E-state index in [4.69, 9.17) is 0 Å². The van der Waals surface area contributed by atoms with Crippen LogP contribution in [0.3, 0.4) is 0 Å². The molecule has 204 valence electrons. The van der Waals surface area contributed by atoms with Gasteiger partial charge in [-0.15, -0.1) is 0 Å². The maximum atomic E-state index is 14.1. The Morgan fingerprint density at radius 3 is 2.48 bits per heavy atom. The molecule has 5 aromatic rings. The molecule has 1 aliphatic rings. The van der Waals surface area contributed by atoms with E-state index in [9.17, 15) is 9.59 Å². The molecule has 0 spiro atoms. The summed E-state index contributed by atoms with van der Waals surface area (Å²) < 4.78 is 0. The highest BCUT2D eigenvalue weighted by Crippen LogP contribution is 2.39. The summed E-state index contributed by atoms with van der Waals surface area (Å²) in [6.07, 6.45) is 9.77. The highest BCUT2D eigenvalue weighted by Gasteiger charge is 2.39. The fourth-order valence-electron chi connectivity index (χ4n) is 6.39. The molecule has 0 radical (unpaired) electrons. The fraction of sp³-hybridized carbons (Fsp3) is 0.294. The first kappa shape index (κ1) is 25.9. The minimum absolute atomic E-state index is 0.0970. The van der Waals surface area contributed by atoms with E-state index in [1.807, 2.05) is 67.8 Å². The lowest BCUT2D eigenvalue weighted by atomic mass is 9.69. The van der Waals surface area contributed by atoms with Crippen LogP contribution in [-0.2, 0) is 16.6 Å². The number of aromatic amines is 2. The highest BCUT2D eigenvalue weighted by atomic mass is 16.2. The van der Waals surface area contributed by atoms with Crippen molar-refractivity contribution in [2.45, 2.75) is 56.4 Å². The van der Waals surface area contributed by atoms with Crippen molar-refractivity contribution in [3.63, 3.8) is 0 Å². The number of carbonyl (C=O) groups is 2. The lowest BCUT2D eigenvalue weighted by Crippen LogP contribution is -2.59. The lowest BCUT2D eigenvalue weighted by molar-refractivity contribution is -0.127. The Labute approximate surface area is 234 Å². The number of hydrogen-bond acceptors (Lipinski definition) is 2. The number of amides is 2. The molecule has 0 saturated heterocycles. The molecule has 4 N–H and O–H groups in total. The molecule has 6 rings (SSSR count). The molecule has 2 amide bonds. The summed E-state index contributed by atoms with van der Waals surface area (Å²) >= 11 is 0. The summed E-state index contributed by atoms with van der Waals surface area (Å²) in [6, 6.07) is 26.1. The van der Waals surface area contributed by atoms with Crippen LogP contribution >= 0.6 is 0 Å². The van der Waals surface area contributed by atoms with Crippen molar-refractivity contribution in [1.82, 2.24) is 20.6 Å². The van der Waals surface area contributed by atoms with Gasteiger partial charge >= 0.3 is 0 Å². The summed E-state index contributed by atoms with van der Waals surface area (Å²) in [7, 11) is 0. The van der Waals surface area contributed by atoms with Crippen LogP contribution in [0.5, 0.6) is 0 Å². The Balaban J connectivity index is 1.29. The van der Waals surface area contributed by atoms with Crippen LogP contribution in [0.2, 0.25) is 0 Å². The van der Waals surface area contributed by atoms with E-state index in [-0.39, 0.29) is 17.2 Å². The van der Waals surface area contributed by atoms with Gasteiger partial charge in [-0.1, -0.05) is 67.8 Å². The van der Waals surface area contributed by atoms with Crippen LogP contribution < -0.4 is 10.6 Å². The molecule has 3 aromatic carbocycles. The third kappa shape index (κ3) is 5.02. The van der Waals surface area contributed by atoms with Gasteiger partial charge in [0, 0.05) is 58.1 Å². The van der Waals surface area contributed by atoms with E-state index in [1.165, 1.54) is 12.0 Å². The number of H-pyrrole nitrogens is 2. The van der Waals surface area contributed by atoms with Gasteiger partial charge in [-0.05, 0) is 61.2 Å². The molecule has 2 heterocycles. The molecule has 40 heavy (non-hydrogen) atoms.